The van der Waals surface area contributed by atoms with Crippen molar-refractivity contribution in [2.75, 3.05) is 45.6 Å². The molecule has 33 heavy (non-hydrogen) atoms. The molecule has 1 aliphatic heterocycles. The molecule has 0 amide bonds. The van der Waals surface area contributed by atoms with E-state index in [2.05, 4.69) is 61.4 Å². The van der Waals surface area contributed by atoms with Crippen LogP contribution in [0.4, 0.5) is 11.6 Å². The Morgan fingerprint density at radius 1 is 0.909 bits per heavy atom. The van der Waals surface area contributed by atoms with E-state index in [9.17, 15) is 0 Å². The summed E-state index contributed by atoms with van der Waals surface area (Å²) in [4.78, 5) is 21.3. The average molecular weight is 441 g/mol. The number of hydrogen-bond acceptors (Lipinski definition) is 6. The summed E-state index contributed by atoms with van der Waals surface area (Å²) in [5.74, 6) is 0.567. The number of para-hydroxylation sites is 1. The standard InChI is InChI=1S/C19H14N6.C6H14N2/c1-2-4-14(5-3-1)23-19-22-11-16-15(10-21-18(16)24-19)13-6-7-17-20-8-9-25(17)12-13;1-7-3-5-8(2)6-4-7/h1-12H,(H2,21,22,23,24);3-6H2,1-2H3. The Kier molecular flexibility index (Phi) is 6.01. The lowest BCUT2D eigenvalue weighted by Crippen LogP contribution is -2.42. The highest BCUT2D eigenvalue weighted by atomic mass is 15.2. The molecule has 8 heteroatoms. The van der Waals surface area contributed by atoms with Gasteiger partial charge in [0.25, 0.3) is 0 Å². The highest BCUT2D eigenvalue weighted by Crippen LogP contribution is 2.28. The maximum Gasteiger partial charge on any atom is 0.229 e. The monoisotopic (exact) mass is 440 g/mol. The van der Waals surface area contributed by atoms with E-state index in [0.29, 0.717) is 5.95 Å². The van der Waals surface area contributed by atoms with Crippen molar-refractivity contribution in [3.63, 3.8) is 0 Å². The molecule has 5 heterocycles. The lowest BCUT2D eigenvalue weighted by atomic mass is 10.1. The Morgan fingerprint density at radius 3 is 2.42 bits per heavy atom. The summed E-state index contributed by atoms with van der Waals surface area (Å²) in [7, 11) is 4.35. The first-order valence-electron chi connectivity index (χ1n) is 11.1. The van der Waals surface area contributed by atoms with Crippen LogP contribution in [0.5, 0.6) is 0 Å². The van der Waals surface area contributed by atoms with E-state index in [-0.39, 0.29) is 0 Å². The number of likely N-dealkylation sites (N-methyl/N-ethyl adjacent to an activating group) is 2. The van der Waals surface area contributed by atoms with Crippen LogP contribution in [0.2, 0.25) is 0 Å². The number of nitrogens with one attached hydrogen (secondary N) is 2. The summed E-state index contributed by atoms with van der Waals surface area (Å²) < 4.78 is 2.00. The second-order valence-electron chi connectivity index (χ2n) is 8.37. The van der Waals surface area contributed by atoms with E-state index in [1.165, 1.54) is 26.2 Å². The van der Waals surface area contributed by atoms with Gasteiger partial charge in [-0.3, -0.25) is 0 Å². The van der Waals surface area contributed by atoms with Gasteiger partial charge in [-0.05, 0) is 38.4 Å². The van der Waals surface area contributed by atoms with E-state index in [4.69, 9.17) is 0 Å². The number of nitrogens with zero attached hydrogens (tertiary/aromatic N) is 6. The molecule has 0 spiro atoms. The van der Waals surface area contributed by atoms with E-state index in [0.717, 1.165) is 33.5 Å². The zero-order valence-electron chi connectivity index (χ0n) is 18.9. The smallest absolute Gasteiger partial charge is 0.229 e. The Labute approximate surface area is 192 Å². The SMILES string of the molecule is CN1CCN(C)CC1.c1ccc(Nc2ncc3c(-c4ccc5nccn5c4)c[nH]c3n2)cc1. The molecule has 0 unspecified atom stereocenters. The number of aromatic amines is 1. The summed E-state index contributed by atoms with van der Waals surface area (Å²) >= 11 is 0. The number of piperazine rings is 1. The number of H-pyrrole nitrogens is 1. The lowest BCUT2D eigenvalue weighted by Gasteiger charge is -2.28. The van der Waals surface area contributed by atoms with Crippen molar-refractivity contribution in [3.8, 4) is 11.1 Å². The van der Waals surface area contributed by atoms with E-state index in [1.54, 1.807) is 6.20 Å². The van der Waals surface area contributed by atoms with Crippen LogP contribution in [-0.2, 0) is 0 Å². The van der Waals surface area contributed by atoms with Crippen LogP contribution in [0.3, 0.4) is 0 Å². The summed E-state index contributed by atoms with van der Waals surface area (Å²) in [6.07, 6.45) is 9.59. The van der Waals surface area contributed by atoms with Gasteiger partial charge in [0, 0.05) is 79.4 Å². The molecule has 0 atom stereocenters. The Morgan fingerprint density at radius 2 is 1.67 bits per heavy atom. The molecule has 1 saturated heterocycles. The van der Waals surface area contributed by atoms with Gasteiger partial charge in [0.15, 0.2) is 0 Å². The molecular formula is C25H28N8. The number of fused-ring (bicyclic) bond motifs is 2. The zero-order valence-corrected chi connectivity index (χ0v) is 18.9. The molecule has 1 fully saturated rings. The van der Waals surface area contributed by atoms with Crippen LogP contribution >= 0.6 is 0 Å². The van der Waals surface area contributed by atoms with Crippen molar-refractivity contribution in [2.45, 2.75) is 0 Å². The molecule has 0 bridgehead atoms. The fourth-order valence-corrected chi connectivity index (χ4v) is 3.84. The first-order valence-corrected chi connectivity index (χ1v) is 11.1. The Hall–Kier alpha value is -3.75. The third-order valence-corrected chi connectivity index (χ3v) is 5.89. The highest BCUT2D eigenvalue weighted by Gasteiger charge is 2.10. The Bertz CT molecular complexity index is 1320. The normalized spacial score (nSPS) is 14.8. The molecule has 2 N–H and O–H groups in total. The maximum absolute atomic E-state index is 4.57. The van der Waals surface area contributed by atoms with Gasteiger partial charge in [0.05, 0.1) is 0 Å². The molecule has 1 aliphatic rings. The Balaban J connectivity index is 0.000000243. The van der Waals surface area contributed by atoms with Crippen LogP contribution in [0, 0.1) is 0 Å². The van der Waals surface area contributed by atoms with Crippen molar-refractivity contribution < 1.29 is 0 Å². The third-order valence-electron chi connectivity index (χ3n) is 5.89. The molecule has 1 aromatic carbocycles. The molecule has 4 aromatic heterocycles. The minimum absolute atomic E-state index is 0.567. The number of aromatic nitrogens is 5. The molecule has 0 saturated carbocycles. The van der Waals surface area contributed by atoms with Crippen LogP contribution < -0.4 is 5.32 Å². The number of imidazole rings is 1. The average Bonchev–Trinajstić information content (AvgIpc) is 3.48. The molecular weight excluding hydrogens is 412 g/mol. The predicted octanol–water partition coefficient (Wildman–Crippen LogP) is 3.88. The summed E-state index contributed by atoms with van der Waals surface area (Å²) in [6, 6.07) is 13.9. The van der Waals surface area contributed by atoms with Gasteiger partial charge in [-0.25, -0.2) is 9.97 Å². The second-order valence-corrected chi connectivity index (χ2v) is 8.37. The second kappa shape index (κ2) is 9.40. The van der Waals surface area contributed by atoms with E-state index >= 15 is 0 Å². The van der Waals surface area contributed by atoms with Crippen LogP contribution in [0.25, 0.3) is 27.8 Å². The minimum Gasteiger partial charge on any atom is -0.345 e. The van der Waals surface area contributed by atoms with Crippen molar-refractivity contribution in [3.05, 3.63) is 73.4 Å². The number of anilines is 2. The minimum atomic E-state index is 0.567. The summed E-state index contributed by atoms with van der Waals surface area (Å²) in [5, 5.41) is 4.20. The van der Waals surface area contributed by atoms with E-state index in [1.807, 2.05) is 59.4 Å². The number of benzene rings is 1. The number of hydrogen-bond donors (Lipinski definition) is 2. The van der Waals surface area contributed by atoms with Crippen molar-refractivity contribution in [1.29, 1.82) is 0 Å². The topological polar surface area (TPSA) is 77.4 Å². The number of pyridine rings is 1. The van der Waals surface area contributed by atoms with Crippen LogP contribution in [0.1, 0.15) is 0 Å². The molecule has 8 nitrogen and oxygen atoms in total. The molecule has 6 rings (SSSR count). The van der Waals surface area contributed by atoms with Crippen molar-refractivity contribution in [2.24, 2.45) is 0 Å². The van der Waals surface area contributed by atoms with Gasteiger partial charge in [-0.1, -0.05) is 18.2 Å². The first kappa shape index (κ1) is 21.1. The number of rotatable bonds is 3. The molecule has 5 aromatic rings. The molecule has 0 aliphatic carbocycles. The maximum atomic E-state index is 4.57. The van der Waals surface area contributed by atoms with E-state index < -0.39 is 0 Å². The third kappa shape index (κ3) is 4.87. The van der Waals surface area contributed by atoms with Gasteiger partial charge < -0.3 is 24.5 Å². The largest absolute Gasteiger partial charge is 0.345 e. The van der Waals surface area contributed by atoms with Crippen LogP contribution in [0.15, 0.2) is 73.4 Å². The molecule has 168 valence electrons. The molecule has 0 radical (unpaired) electrons. The summed E-state index contributed by atoms with van der Waals surface area (Å²) in [5.41, 5.74) is 4.84. The first-order chi connectivity index (χ1) is 16.2. The van der Waals surface area contributed by atoms with Crippen molar-refractivity contribution >= 4 is 28.3 Å². The lowest BCUT2D eigenvalue weighted by molar-refractivity contribution is 0.181. The fourth-order valence-electron chi connectivity index (χ4n) is 3.84. The van der Waals surface area contributed by atoms with Gasteiger partial charge in [0.2, 0.25) is 5.95 Å². The fraction of sp³-hybridized carbons (Fsp3) is 0.240. The summed E-state index contributed by atoms with van der Waals surface area (Å²) in [6.45, 7) is 4.93. The zero-order chi connectivity index (χ0) is 22.6. The van der Waals surface area contributed by atoms with Gasteiger partial charge in [0.1, 0.15) is 11.3 Å². The van der Waals surface area contributed by atoms with Gasteiger partial charge >= 0.3 is 0 Å². The van der Waals surface area contributed by atoms with Crippen LogP contribution in [-0.4, -0.2) is 74.4 Å². The van der Waals surface area contributed by atoms with Gasteiger partial charge in [-0.15, -0.1) is 0 Å². The van der Waals surface area contributed by atoms with Crippen molar-refractivity contribution in [1.82, 2.24) is 34.1 Å². The predicted molar refractivity (Wildman–Crippen MR) is 133 cm³/mol. The van der Waals surface area contributed by atoms with Gasteiger partial charge in [-0.2, -0.15) is 4.98 Å². The quantitative estimate of drug-likeness (QED) is 0.443. The highest BCUT2D eigenvalue weighted by molar-refractivity contribution is 5.93.